The summed E-state index contributed by atoms with van der Waals surface area (Å²) in [6.45, 7) is 0. The van der Waals surface area contributed by atoms with Crippen LogP contribution in [0.2, 0.25) is 0 Å². The minimum absolute atomic E-state index is 0.197. The quantitative estimate of drug-likeness (QED) is 0.751. The van der Waals surface area contributed by atoms with Crippen molar-refractivity contribution < 1.29 is 26.3 Å². The Morgan fingerprint density at radius 2 is 1.79 bits per heavy atom. The zero-order valence-corrected chi connectivity index (χ0v) is 12.6. The summed E-state index contributed by atoms with van der Waals surface area (Å²) < 4.78 is 67.2. The van der Waals surface area contributed by atoms with Crippen LogP contribution in [0.4, 0.5) is 18.9 Å². The van der Waals surface area contributed by atoms with Crippen LogP contribution in [0.25, 0.3) is 10.9 Å². The van der Waals surface area contributed by atoms with Crippen LogP contribution in [-0.4, -0.2) is 25.0 Å². The fourth-order valence-corrected chi connectivity index (χ4v) is 3.16. The Hall–Kier alpha value is -2.75. The smallest absolute Gasteiger partial charge is 0.406 e. The molecule has 0 spiro atoms. The first-order chi connectivity index (χ1) is 11.2. The summed E-state index contributed by atoms with van der Waals surface area (Å²) in [7, 11) is -3.97. The van der Waals surface area contributed by atoms with Gasteiger partial charge in [0.15, 0.2) is 0 Å². The number of benzene rings is 2. The summed E-state index contributed by atoms with van der Waals surface area (Å²) in [5.41, 5.74) is 0.945. The molecule has 0 aliphatic heterocycles. The first kappa shape index (κ1) is 16.1. The lowest BCUT2D eigenvalue weighted by molar-refractivity contribution is -0.274. The van der Waals surface area contributed by atoms with E-state index in [0.717, 1.165) is 24.3 Å². The second-order valence-corrected chi connectivity index (χ2v) is 6.44. The van der Waals surface area contributed by atoms with E-state index >= 15 is 0 Å². The molecular weight excluding hydrogens is 347 g/mol. The number of sulfonamides is 1. The van der Waals surface area contributed by atoms with Crippen LogP contribution in [0.3, 0.4) is 0 Å². The molecule has 0 unspecified atom stereocenters. The average molecular weight is 357 g/mol. The highest BCUT2D eigenvalue weighted by atomic mass is 32.2. The number of aromatic nitrogens is 2. The molecule has 10 heteroatoms. The maximum Gasteiger partial charge on any atom is 0.573 e. The predicted octanol–water partition coefficient (Wildman–Crippen LogP) is 3.26. The average Bonchev–Trinajstić information content (AvgIpc) is 2.95. The molecule has 0 saturated carbocycles. The third-order valence-corrected chi connectivity index (χ3v) is 4.48. The molecular formula is C14H10F3N3O3S. The Bertz CT molecular complexity index is 966. The Kier molecular flexibility index (Phi) is 3.84. The second kappa shape index (κ2) is 5.71. The molecule has 0 atom stereocenters. The molecule has 0 bridgehead atoms. The third kappa shape index (κ3) is 3.43. The lowest BCUT2D eigenvalue weighted by Crippen LogP contribution is -2.17. The Morgan fingerprint density at radius 1 is 1.08 bits per heavy atom. The molecule has 3 aromatic rings. The van der Waals surface area contributed by atoms with Gasteiger partial charge in [-0.2, -0.15) is 5.10 Å². The highest BCUT2D eigenvalue weighted by molar-refractivity contribution is 7.92. The topological polar surface area (TPSA) is 84.1 Å². The number of nitrogens with one attached hydrogen (secondary N) is 2. The van der Waals surface area contributed by atoms with Crippen LogP contribution in [0.5, 0.6) is 5.75 Å². The van der Waals surface area contributed by atoms with Crippen LogP contribution in [0, 0.1) is 0 Å². The number of rotatable bonds is 4. The van der Waals surface area contributed by atoms with Gasteiger partial charge in [0.2, 0.25) is 0 Å². The standard InChI is InChI=1S/C14H10F3N3O3S/c15-14(16,17)23-9-4-6-10(7-5-9)24(21,22)20-13-3-1-2-12-11(13)8-18-19-12/h1-8,20H,(H,18,19). The molecule has 0 amide bonds. The number of anilines is 1. The molecule has 0 radical (unpaired) electrons. The van der Waals surface area contributed by atoms with Gasteiger partial charge < -0.3 is 4.74 Å². The van der Waals surface area contributed by atoms with E-state index in [4.69, 9.17) is 0 Å². The molecule has 3 rings (SSSR count). The zero-order valence-electron chi connectivity index (χ0n) is 11.8. The van der Waals surface area contributed by atoms with Crippen LogP contribution in [0.15, 0.2) is 53.6 Å². The van der Waals surface area contributed by atoms with Crippen molar-refractivity contribution in [2.45, 2.75) is 11.3 Å². The van der Waals surface area contributed by atoms with Crippen molar-refractivity contribution >= 4 is 26.6 Å². The van der Waals surface area contributed by atoms with E-state index in [-0.39, 0.29) is 4.90 Å². The summed E-state index contributed by atoms with van der Waals surface area (Å²) in [6.07, 6.45) is -3.37. The molecule has 2 N–H and O–H groups in total. The van der Waals surface area contributed by atoms with E-state index in [1.807, 2.05) is 0 Å². The number of H-pyrrole nitrogens is 1. The molecule has 6 nitrogen and oxygen atoms in total. The second-order valence-electron chi connectivity index (χ2n) is 4.76. The van der Waals surface area contributed by atoms with Gasteiger partial charge in [-0.15, -0.1) is 13.2 Å². The van der Waals surface area contributed by atoms with Crippen LogP contribution < -0.4 is 9.46 Å². The molecule has 0 fully saturated rings. The number of hydrogen-bond acceptors (Lipinski definition) is 4. The van der Waals surface area contributed by atoms with Crippen molar-refractivity contribution in [1.82, 2.24) is 10.2 Å². The fraction of sp³-hybridized carbons (Fsp3) is 0.0714. The molecule has 1 heterocycles. The van der Waals surface area contributed by atoms with Gasteiger partial charge in [0.1, 0.15) is 5.75 Å². The molecule has 126 valence electrons. The van der Waals surface area contributed by atoms with Crippen LogP contribution in [-0.2, 0) is 10.0 Å². The number of hydrogen-bond donors (Lipinski definition) is 2. The minimum atomic E-state index is -4.84. The predicted molar refractivity (Wildman–Crippen MR) is 80.0 cm³/mol. The van der Waals surface area contributed by atoms with Gasteiger partial charge >= 0.3 is 6.36 Å². The highest BCUT2D eigenvalue weighted by Crippen LogP contribution is 2.26. The lowest BCUT2D eigenvalue weighted by atomic mass is 10.2. The monoisotopic (exact) mass is 357 g/mol. The summed E-state index contributed by atoms with van der Waals surface area (Å²) >= 11 is 0. The minimum Gasteiger partial charge on any atom is -0.406 e. The van der Waals surface area contributed by atoms with Gasteiger partial charge in [-0.1, -0.05) is 6.07 Å². The zero-order chi connectivity index (χ0) is 17.4. The van der Waals surface area contributed by atoms with E-state index in [1.54, 1.807) is 18.2 Å². The number of halogens is 3. The lowest BCUT2D eigenvalue weighted by Gasteiger charge is -2.11. The van der Waals surface area contributed by atoms with E-state index in [2.05, 4.69) is 19.7 Å². The molecule has 0 aliphatic carbocycles. The largest absolute Gasteiger partial charge is 0.573 e. The normalized spacial score (nSPS) is 12.3. The summed E-state index contributed by atoms with van der Waals surface area (Å²) in [5.74, 6) is -0.501. The van der Waals surface area contributed by atoms with Gasteiger partial charge in [0, 0.05) is 5.39 Å². The molecule has 24 heavy (non-hydrogen) atoms. The first-order valence-electron chi connectivity index (χ1n) is 6.55. The third-order valence-electron chi connectivity index (χ3n) is 3.10. The number of fused-ring (bicyclic) bond motifs is 1. The van der Waals surface area contributed by atoms with Crippen molar-refractivity contribution in [2.75, 3.05) is 4.72 Å². The van der Waals surface area contributed by atoms with E-state index in [1.165, 1.54) is 6.20 Å². The van der Waals surface area contributed by atoms with Gasteiger partial charge in [0.05, 0.1) is 22.3 Å². The summed E-state index contributed by atoms with van der Waals surface area (Å²) in [5, 5.41) is 7.10. The van der Waals surface area contributed by atoms with Gasteiger partial charge in [-0.05, 0) is 36.4 Å². The van der Waals surface area contributed by atoms with Crippen LogP contribution >= 0.6 is 0 Å². The SMILES string of the molecule is O=S(=O)(Nc1cccc2[nH]ncc12)c1ccc(OC(F)(F)F)cc1. The number of ether oxygens (including phenoxy) is 1. The highest BCUT2D eigenvalue weighted by Gasteiger charge is 2.31. The van der Waals surface area contributed by atoms with Gasteiger partial charge in [-0.25, -0.2) is 8.42 Å². The number of nitrogens with zero attached hydrogens (tertiary/aromatic N) is 1. The summed E-state index contributed by atoms with van der Waals surface area (Å²) in [6, 6.07) is 8.83. The van der Waals surface area contributed by atoms with Crippen molar-refractivity contribution in [3.8, 4) is 5.75 Å². The van der Waals surface area contributed by atoms with Gasteiger partial charge in [-0.3, -0.25) is 9.82 Å². The Morgan fingerprint density at radius 3 is 2.46 bits per heavy atom. The fourth-order valence-electron chi connectivity index (χ4n) is 2.08. The summed E-state index contributed by atoms with van der Waals surface area (Å²) in [4.78, 5) is -0.197. The number of aromatic amines is 1. The van der Waals surface area contributed by atoms with E-state index in [0.29, 0.717) is 16.6 Å². The molecule has 1 aromatic heterocycles. The van der Waals surface area contributed by atoms with E-state index in [9.17, 15) is 21.6 Å². The Labute approximate surface area is 134 Å². The molecule has 0 aliphatic rings. The maximum absolute atomic E-state index is 12.4. The van der Waals surface area contributed by atoms with Crippen molar-refractivity contribution in [3.63, 3.8) is 0 Å². The first-order valence-corrected chi connectivity index (χ1v) is 8.04. The van der Waals surface area contributed by atoms with Crippen molar-refractivity contribution in [2.24, 2.45) is 0 Å². The molecule has 0 saturated heterocycles. The van der Waals surface area contributed by atoms with Crippen molar-refractivity contribution in [3.05, 3.63) is 48.7 Å². The number of alkyl halides is 3. The van der Waals surface area contributed by atoms with Crippen molar-refractivity contribution in [1.29, 1.82) is 0 Å². The van der Waals surface area contributed by atoms with E-state index < -0.39 is 22.1 Å². The van der Waals surface area contributed by atoms with Gasteiger partial charge in [0.25, 0.3) is 10.0 Å². The van der Waals surface area contributed by atoms with Crippen LogP contribution in [0.1, 0.15) is 0 Å². The Balaban J connectivity index is 1.87. The molecule has 2 aromatic carbocycles. The maximum atomic E-state index is 12.4.